The van der Waals surface area contributed by atoms with Crippen LogP contribution in [0, 0.1) is 0 Å². The summed E-state index contributed by atoms with van der Waals surface area (Å²) < 4.78 is 5.54. The van der Waals surface area contributed by atoms with E-state index in [0.29, 0.717) is 6.61 Å². The molecule has 1 fully saturated rings. The van der Waals surface area contributed by atoms with E-state index in [0.717, 1.165) is 23.7 Å². The van der Waals surface area contributed by atoms with Gasteiger partial charge in [-0.3, -0.25) is 0 Å². The molecule has 0 spiro atoms. The smallest absolute Gasteiger partial charge is 0.123 e. The average molecular weight is 277 g/mol. The molecule has 0 bridgehead atoms. The molecule has 1 aliphatic carbocycles. The molecule has 1 aromatic carbocycles. The second-order valence-corrected chi connectivity index (χ2v) is 5.90. The van der Waals surface area contributed by atoms with Crippen LogP contribution in [0.4, 0.5) is 11.4 Å². The maximum Gasteiger partial charge on any atom is 0.123 e. The van der Waals surface area contributed by atoms with E-state index in [-0.39, 0.29) is 5.54 Å². The van der Waals surface area contributed by atoms with Crippen LogP contribution < -0.4 is 15.8 Å². The summed E-state index contributed by atoms with van der Waals surface area (Å²) in [5, 5.41) is 3.55. The van der Waals surface area contributed by atoms with Crippen LogP contribution >= 0.6 is 0 Å². The lowest BCUT2D eigenvalue weighted by Crippen LogP contribution is -2.47. The molecule has 0 amide bonds. The third-order valence-corrected chi connectivity index (χ3v) is 4.34. The minimum absolute atomic E-state index is 0.274. The Labute approximate surface area is 122 Å². The van der Waals surface area contributed by atoms with Crippen molar-refractivity contribution < 1.29 is 4.74 Å². The predicted octanol–water partition coefficient (Wildman–Crippen LogP) is 2.95. The van der Waals surface area contributed by atoms with Crippen molar-refractivity contribution in [1.82, 2.24) is 4.90 Å². The van der Waals surface area contributed by atoms with E-state index in [1.54, 1.807) is 0 Å². The highest BCUT2D eigenvalue weighted by molar-refractivity contribution is 5.59. The highest BCUT2D eigenvalue weighted by atomic mass is 16.5. The number of nitrogens with two attached hydrogens (primary N) is 1. The molecule has 112 valence electrons. The van der Waals surface area contributed by atoms with E-state index in [2.05, 4.69) is 24.3 Å². The first-order chi connectivity index (χ1) is 9.55. The number of benzene rings is 1. The van der Waals surface area contributed by atoms with Crippen LogP contribution in [0.15, 0.2) is 18.2 Å². The van der Waals surface area contributed by atoms with Gasteiger partial charge >= 0.3 is 0 Å². The molecule has 2 rings (SSSR count). The number of hydrogen-bond acceptors (Lipinski definition) is 4. The minimum Gasteiger partial charge on any atom is -0.494 e. The molecule has 1 aliphatic rings. The zero-order valence-corrected chi connectivity index (χ0v) is 12.9. The van der Waals surface area contributed by atoms with Crippen LogP contribution in [0.5, 0.6) is 5.75 Å². The molecule has 0 radical (unpaired) electrons. The minimum atomic E-state index is 0.274. The van der Waals surface area contributed by atoms with Gasteiger partial charge in [0.25, 0.3) is 0 Å². The van der Waals surface area contributed by atoms with Crippen LogP contribution in [0.3, 0.4) is 0 Å². The lowest BCUT2D eigenvalue weighted by molar-refractivity contribution is 0.172. The summed E-state index contributed by atoms with van der Waals surface area (Å²) in [6.07, 6.45) is 5.16. The molecule has 3 N–H and O–H groups in total. The lowest BCUT2D eigenvalue weighted by Gasteiger charge is -2.36. The van der Waals surface area contributed by atoms with Gasteiger partial charge in [-0.2, -0.15) is 0 Å². The van der Waals surface area contributed by atoms with Gasteiger partial charge in [-0.1, -0.05) is 12.8 Å². The number of nitrogens with one attached hydrogen (secondary N) is 1. The Kier molecular flexibility index (Phi) is 4.76. The molecule has 0 unspecified atom stereocenters. The van der Waals surface area contributed by atoms with Crippen LogP contribution in [-0.2, 0) is 0 Å². The number of nitrogen functional groups attached to an aromatic ring is 1. The summed E-state index contributed by atoms with van der Waals surface area (Å²) in [4.78, 5) is 2.36. The average Bonchev–Trinajstić information content (AvgIpc) is 2.86. The molecule has 4 nitrogen and oxygen atoms in total. The van der Waals surface area contributed by atoms with Crippen molar-refractivity contribution >= 4 is 11.4 Å². The first-order valence-corrected chi connectivity index (χ1v) is 7.50. The number of anilines is 2. The van der Waals surface area contributed by atoms with E-state index < -0.39 is 0 Å². The number of nitrogens with zero attached hydrogens (tertiary/aromatic N) is 1. The Morgan fingerprint density at radius 1 is 1.25 bits per heavy atom. The molecule has 0 saturated heterocycles. The number of likely N-dealkylation sites (N-methyl/N-ethyl adjacent to an activating group) is 1. The zero-order chi connectivity index (χ0) is 14.6. The van der Waals surface area contributed by atoms with Gasteiger partial charge in [0.05, 0.1) is 6.61 Å². The summed E-state index contributed by atoms with van der Waals surface area (Å²) in [5.41, 5.74) is 7.99. The fourth-order valence-electron chi connectivity index (χ4n) is 3.06. The highest BCUT2D eigenvalue weighted by Gasteiger charge is 2.35. The lowest BCUT2D eigenvalue weighted by atomic mass is 9.96. The summed E-state index contributed by atoms with van der Waals surface area (Å²) in [5.74, 6) is 0.834. The first-order valence-electron chi connectivity index (χ1n) is 7.50. The predicted molar refractivity (Wildman–Crippen MR) is 85.4 cm³/mol. The second kappa shape index (κ2) is 6.35. The van der Waals surface area contributed by atoms with Gasteiger partial charge in [-0.25, -0.2) is 0 Å². The molecule has 4 heteroatoms. The number of hydrogen-bond donors (Lipinski definition) is 2. The van der Waals surface area contributed by atoms with Crippen molar-refractivity contribution in [2.45, 2.75) is 38.1 Å². The fraction of sp³-hybridized carbons (Fsp3) is 0.625. The number of rotatable bonds is 6. The van der Waals surface area contributed by atoms with E-state index in [9.17, 15) is 0 Å². The Morgan fingerprint density at radius 2 is 1.95 bits per heavy atom. The van der Waals surface area contributed by atoms with Crippen molar-refractivity contribution in [3.63, 3.8) is 0 Å². The standard InChI is InChI=1S/C16H27N3O/c1-4-20-15-10-13(17)9-14(11-15)18-12-16(19(2)3)7-5-6-8-16/h9-11,18H,4-8,12,17H2,1-3H3. The third kappa shape index (κ3) is 3.37. The topological polar surface area (TPSA) is 50.5 Å². The Hall–Kier alpha value is -1.42. The second-order valence-electron chi connectivity index (χ2n) is 5.90. The monoisotopic (exact) mass is 277 g/mol. The van der Waals surface area contributed by atoms with Crippen molar-refractivity contribution in [3.8, 4) is 5.75 Å². The van der Waals surface area contributed by atoms with Gasteiger partial charge in [0.2, 0.25) is 0 Å². The van der Waals surface area contributed by atoms with Gasteiger partial charge in [-0.15, -0.1) is 0 Å². The Bertz CT molecular complexity index is 439. The van der Waals surface area contributed by atoms with Crippen molar-refractivity contribution in [3.05, 3.63) is 18.2 Å². The molecular weight excluding hydrogens is 250 g/mol. The van der Waals surface area contributed by atoms with Gasteiger partial charge in [0.15, 0.2) is 0 Å². The molecule has 0 atom stereocenters. The molecule has 0 aromatic heterocycles. The van der Waals surface area contributed by atoms with Crippen LogP contribution in [0.2, 0.25) is 0 Å². The van der Waals surface area contributed by atoms with Gasteiger partial charge in [-0.05, 0) is 39.9 Å². The highest BCUT2D eigenvalue weighted by Crippen LogP contribution is 2.34. The van der Waals surface area contributed by atoms with Crippen LogP contribution in [-0.4, -0.2) is 37.7 Å². The summed E-state index contributed by atoms with van der Waals surface area (Å²) in [7, 11) is 4.36. The summed E-state index contributed by atoms with van der Waals surface area (Å²) in [6.45, 7) is 3.59. The van der Waals surface area contributed by atoms with Gasteiger partial charge < -0.3 is 20.7 Å². The Balaban J connectivity index is 2.06. The van der Waals surface area contributed by atoms with E-state index in [1.807, 2.05) is 25.1 Å². The molecule has 1 saturated carbocycles. The largest absolute Gasteiger partial charge is 0.494 e. The molecule has 1 aromatic rings. The van der Waals surface area contributed by atoms with Crippen LogP contribution in [0.25, 0.3) is 0 Å². The molecular formula is C16H27N3O. The van der Waals surface area contributed by atoms with E-state index in [4.69, 9.17) is 10.5 Å². The SMILES string of the molecule is CCOc1cc(N)cc(NCC2(N(C)C)CCCC2)c1. The van der Waals surface area contributed by atoms with Gasteiger partial charge in [0, 0.05) is 35.6 Å². The maximum atomic E-state index is 5.94. The van der Waals surface area contributed by atoms with Crippen molar-refractivity contribution in [2.75, 3.05) is 38.3 Å². The van der Waals surface area contributed by atoms with Gasteiger partial charge in [0.1, 0.15) is 5.75 Å². The Morgan fingerprint density at radius 3 is 2.55 bits per heavy atom. The summed E-state index contributed by atoms with van der Waals surface area (Å²) in [6, 6.07) is 5.87. The van der Waals surface area contributed by atoms with Crippen LogP contribution in [0.1, 0.15) is 32.6 Å². The van der Waals surface area contributed by atoms with Crippen molar-refractivity contribution in [2.24, 2.45) is 0 Å². The molecule has 20 heavy (non-hydrogen) atoms. The molecule has 0 aliphatic heterocycles. The quantitative estimate of drug-likeness (QED) is 0.785. The first kappa shape index (κ1) is 15.0. The normalized spacial score (nSPS) is 17.4. The third-order valence-electron chi connectivity index (χ3n) is 4.34. The summed E-state index contributed by atoms with van der Waals surface area (Å²) >= 11 is 0. The zero-order valence-electron chi connectivity index (χ0n) is 12.9. The van der Waals surface area contributed by atoms with Crippen molar-refractivity contribution in [1.29, 1.82) is 0 Å². The van der Waals surface area contributed by atoms with E-state index >= 15 is 0 Å². The maximum absolute atomic E-state index is 5.94. The molecule has 0 heterocycles. The van der Waals surface area contributed by atoms with E-state index in [1.165, 1.54) is 25.7 Å². The fourth-order valence-corrected chi connectivity index (χ4v) is 3.06. The number of ether oxygens (including phenoxy) is 1.